The molecule has 1 heterocycles. The number of carbonyl (C=O) groups is 2. The Morgan fingerprint density at radius 2 is 1.83 bits per heavy atom. The average Bonchev–Trinajstić information content (AvgIpc) is 2.73. The summed E-state index contributed by atoms with van der Waals surface area (Å²) in [5.74, 6) is -0.166. The fourth-order valence-electron chi connectivity index (χ4n) is 3.62. The van der Waals surface area contributed by atoms with Crippen molar-refractivity contribution in [3.8, 4) is 0 Å². The van der Waals surface area contributed by atoms with Crippen LogP contribution in [-0.2, 0) is 11.2 Å². The largest absolute Gasteiger partial charge is 0.366 e. The van der Waals surface area contributed by atoms with Crippen LogP contribution in [0.25, 0.3) is 0 Å². The number of aryl methyl sites for hydroxylation is 1. The van der Waals surface area contributed by atoms with Gasteiger partial charge in [0.25, 0.3) is 5.69 Å². The van der Waals surface area contributed by atoms with Gasteiger partial charge in [-0.25, -0.2) is 0 Å². The number of carbonyl (C=O) groups excluding carboxylic acids is 2. The van der Waals surface area contributed by atoms with Gasteiger partial charge in [-0.1, -0.05) is 30.3 Å². The number of piperidine rings is 1. The van der Waals surface area contributed by atoms with Crippen LogP contribution in [0.1, 0.15) is 42.1 Å². The van der Waals surface area contributed by atoms with Crippen molar-refractivity contribution < 1.29 is 14.5 Å². The molecular weight excluding hydrogens is 370 g/mol. The predicted octanol–water partition coefficient (Wildman–Crippen LogP) is 3.52. The molecule has 1 N–H and O–H groups in total. The molecule has 3 rings (SSSR count). The molecule has 0 unspecified atom stereocenters. The second-order valence-electron chi connectivity index (χ2n) is 7.33. The molecule has 1 saturated heterocycles. The van der Waals surface area contributed by atoms with Crippen molar-refractivity contribution in [2.24, 2.45) is 0 Å². The van der Waals surface area contributed by atoms with E-state index < -0.39 is 4.92 Å². The van der Waals surface area contributed by atoms with E-state index >= 15 is 0 Å². The number of nitrogens with one attached hydrogen (secondary N) is 1. The van der Waals surface area contributed by atoms with E-state index in [-0.39, 0.29) is 23.4 Å². The number of ketones is 1. The lowest BCUT2D eigenvalue weighted by Crippen LogP contribution is -2.44. The Balaban J connectivity index is 1.54. The summed E-state index contributed by atoms with van der Waals surface area (Å²) in [6.07, 6.45) is 2.60. The monoisotopic (exact) mass is 395 g/mol. The van der Waals surface area contributed by atoms with Crippen molar-refractivity contribution >= 4 is 23.1 Å². The van der Waals surface area contributed by atoms with Crippen LogP contribution < -0.4 is 10.2 Å². The molecule has 2 aromatic rings. The molecular formula is C22H25N3O4. The van der Waals surface area contributed by atoms with E-state index in [1.54, 1.807) is 12.1 Å². The fraction of sp³-hybridized carbons (Fsp3) is 0.364. The third-order valence-electron chi connectivity index (χ3n) is 5.26. The summed E-state index contributed by atoms with van der Waals surface area (Å²) in [4.78, 5) is 36.7. The van der Waals surface area contributed by atoms with E-state index in [0.717, 1.165) is 18.4 Å². The maximum absolute atomic E-state index is 12.2. The quantitative estimate of drug-likeness (QED) is 0.440. The van der Waals surface area contributed by atoms with Crippen molar-refractivity contribution in [3.05, 3.63) is 69.8 Å². The van der Waals surface area contributed by atoms with Gasteiger partial charge >= 0.3 is 0 Å². The molecule has 0 radical (unpaired) electrons. The van der Waals surface area contributed by atoms with Crippen molar-refractivity contribution in [2.75, 3.05) is 18.0 Å². The fourth-order valence-corrected chi connectivity index (χ4v) is 3.62. The van der Waals surface area contributed by atoms with Crippen molar-refractivity contribution in [1.82, 2.24) is 5.32 Å². The number of rotatable bonds is 7. The van der Waals surface area contributed by atoms with Crippen LogP contribution in [0, 0.1) is 10.1 Å². The van der Waals surface area contributed by atoms with Gasteiger partial charge in [-0.15, -0.1) is 0 Å². The highest BCUT2D eigenvalue weighted by molar-refractivity contribution is 5.95. The number of benzene rings is 2. The summed E-state index contributed by atoms with van der Waals surface area (Å²) < 4.78 is 0. The zero-order valence-electron chi connectivity index (χ0n) is 16.5. The molecule has 1 aliphatic heterocycles. The summed E-state index contributed by atoms with van der Waals surface area (Å²) in [7, 11) is 0. The van der Waals surface area contributed by atoms with Gasteiger partial charge in [0.15, 0.2) is 5.78 Å². The second kappa shape index (κ2) is 9.32. The van der Waals surface area contributed by atoms with Crippen LogP contribution in [0.15, 0.2) is 48.5 Å². The van der Waals surface area contributed by atoms with Gasteiger partial charge in [0.2, 0.25) is 5.91 Å². The first-order valence-corrected chi connectivity index (χ1v) is 9.81. The van der Waals surface area contributed by atoms with Crippen LogP contribution >= 0.6 is 0 Å². The normalized spacial score (nSPS) is 14.4. The van der Waals surface area contributed by atoms with E-state index in [2.05, 4.69) is 5.32 Å². The number of nitro groups is 1. The first-order chi connectivity index (χ1) is 13.9. The van der Waals surface area contributed by atoms with Gasteiger partial charge in [0.1, 0.15) is 5.69 Å². The molecule has 7 heteroatoms. The first-order valence-electron chi connectivity index (χ1n) is 9.81. The maximum Gasteiger partial charge on any atom is 0.293 e. The summed E-state index contributed by atoms with van der Waals surface area (Å²) in [6.45, 7) is 2.62. The van der Waals surface area contributed by atoms with Gasteiger partial charge in [-0.05, 0) is 43.9 Å². The minimum absolute atomic E-state index is 0.0316. The molecule has 0 saturated carbocycles. The van der Waals surface area contributed by atoms with E-state index in [1.165, 1.54) is 13.0 Å². The molecule has 1 amide bonds. The molecule has 29 heavy (non-hydrogen) atoms. The number of amides is 1. The highest BCUT2D eigenvalue weighted by Gasteiger charge is 2.26. The number of nitrogens with zero attached hydrogens (tertiary/aromatic N) is 2. The topological polar surface area (TPSA) is 92.6 Å². The lowest BCUT2D eigenvalue weighted by molar-refractivity contribution is -0.384. The molecule has 2 aromatic carbocycles. The van der Waals surface area contributed by atoms with Crippen molar-refractivity contribution in [2.45, 2.75) is 38.6 Å². The van der Waals surface area contributed by atoms with Crippen LogP contribution in [0.3, 0.4) is 0 Å². The van der Waals surface area contributed by atoms with E-state index in [4.69, 9.17) is 0 Å². The molecule has 0 bridgehead atoms. The molecule has 0 atom stereocenters. The number of anilines is 1. The Kier molecular flexibility index (Phi) is 6.59. The summed E-state index contributed by atoms with van der Waals surface area (Å²) in [6, 6.07) is 14.6. The highest BCUT2D eigenvalue weighted by Crippen LogP contribution is 2.31. The van der Waals surface area contributed by atoms with Crippen LogP contribution in [-0.4, -0.2) is 35.7 Å². The number of nitro benzene ring substituents is 1. The third kappa shape index (κ3) is 5.40. The minimum Gasteiger partial charge on any atom is -0.366 e. The zero-order chi connectivity index (χ0) is 20.8. The highest BCUT2D eigenvalue weighted by atomic mass is 16.6. The van der Waals surface area contributed by atoms with Gasteiger partial charge in [0.05, 0.1) is 4.92 Å². The third-order valence-corrected chi connectivity index (χ3v) is 5.26. The minimum atomic E-state index is -0.445. The number of hydrogen-bond acceptors (Lipinski definition) is 5. The molecule has 7 nitrogen and oxygen atoms in total. The van der Waals surface area contributed by atoms with Crippen molar-refractivity contribution in [3.63, 3.8) is 0 Å². The van der Waals surface area contributed by atoms with E-state index in [1.807, 2.05) is 35.2 Å². The Labute approximate surface area is 169 Å². The molecule has 0 spiro atoms. The molecule has 1 aliphatic rings. The maximum atomic E-state index is 12.2. The van der Waals surface area contributed by atoms with Crippen LogP contribution in [0.4, 0.5) is 11.4 Å². The van der Waals surface area contributed by atoms with Gasteiger partial charge < -0.3 is 10.2 Å². The standard InChI is InChI=1S/C22H25N3O4/c1-16(26)18-8-9-20(21(15-18)25(28)29)24-13-11-19(12-14-24)23-22(27)10-7-17-5-3-2-4-6-17/h2-6,8-9,15,19H,7,10-14H2,1H3,(H,23,27). The smallest absolute Gasteiger partial charge is 0.293 e. The Morgan fingerprint density at radius 3 is 2.45 bits per heavy atom. The van der Waals surface area contributed by atoms with E-state index in [0.29, 0.717) is 37.2 Å². The van der Waals surface area contributed by atoms with Crippen molar-refractivity contribution in [1.29, 1.82) is 0 Å². The average molecular weight is 395 g/mol. The predicted molar refractivity (Wildman–Crippen MR) is 111 cm³/mol. The van der Waals surface area contributed by atoms with Gasteiger partial charge in [-0.3, -0.25) is 19.7 Å². The first kappa shape index (κ1) is 20.5. The summed E-state index contributed by atoms with van der Waals surface area (Å²) in [5.41, 5.74) is 1.94. The SMILES string of the molecule is CC(=O)c1ccc(N2CCC(NC(=O)CCc3ccccc3)CC2)c([N+](=O)[O-])c1. The second-order valence-corrected chi connectivity index (χ2v) is 7.33. The molecule has 1 fully saturated rings. The lowest BCUT2D eigenvalue weighted by Gasteiger charge is -2.33. The molecule has 0 aliphatic carbocycles. The Hall–Kier alpha value is -3.22. The Bertz CT molecular complexity index is 890. The number of Topliss-reactive ketones (excluding diaryl/α,β-unsaturated/α-hetero) is 1. The van der Waals surface area contributed by atoms with Gasteiger partial charge in [-0.2, -0.15) is 0 Å². The van der Waals surface area contributed by atoms with Gasteiger partial charge in [0, 0.05) is 37.2 Å². The molecule has 0 aromatic heterocycles. The summed E-state index contributed by atoms with van der Waals surface area (Å²) >= 11 is 0. The molecule has 152 valence electrons. The number of hydrogen-bond donors (Lipinski definition) is 1. The zero-order valence-corrected chi connectivity index (χ0v) is 16.5. The Morgan fingerprint density at radius 1 is 1.14 bits per heavy atom. The lowest BCUT2D eigenvalue weighted by atomic mass is 10.0. The van der Waals surface area contributed by atoms with Crippen LogP contribution in [0.2, 0.25) is 0 Å². The van der Waals surface area contributed by atoms with Crippen LogP contribution in [0.5, 0.6) is 0 Å². The summed E-state index contributed by atoms with van der Waals surface area (Å²) in [5, 5.41) is 14.5. The van der Waals surface area contributed by atoms with E-state index in [9.17, 15) is 19.7 Å².